The van der Waals surface area contributed by atoms with E-state index in [9.17, 15) is 0 Å². The Morgan fingerprint density at radius 3 is 1.55 bits per heavy atom. The van der Waals surface area contributed by atoms with Crippen molar-refractivity contribution in [1.82, 2.24) is 10.0 Å². The van der Waals surface area contributed by atoms with E-state index in [1.54, 1.807) is 0 Å². The molecule has 0 saturated carbocycles. The van der Waals surface area contributed by atoms with Crippen molar-refractivity contribution in [1.29, 1.82) is 0 Å². The van der Waals surface area contributed by atoms with Gasteiger partial charge in [-0.2, -0.15) is 0 Å². The average molecular weight is 174 g/mol. The first-order valence-corrected chi connectivity index (χ1v) is 5.39. The standard InChI is InChI=1S/C8H18N2S/c1-7(2)9-5-11-6-10(9)8(3)4/h7-8H,5-6H2,1-4H3. The van der Waals surface area contributed by atoms with Crippen molar-refractivity contribution in [2.75, 3.05) is 11.8 Å². The lowest BCUT2D eigenvalue weighted by molar-refractivity contribution is -0.0272. The Balaban J connectivity index is 2.51. The van der Waals surface area contributed by atoms with Crippen LogP contribution in [0.2, 0.25) is 0 Å². The number of nitrogens with zero attached hydrogens (tertiary/aromatic N) is 2. The van der Waals surface area contributed by atoms with Crippen molar-refractivity contribution >= 4 is 11.8 Å². The van der Waals surface area contributed by atoms with Crippen LogP contribution in [-0.2, 0) is 0 Å². The molecule has 0 bridgehead atoms. The van der Waals surface area contributed by atoms with E-state index in [4.69, 9.17) is 0 Å². The van der Waals surface area contributed by atoms with Gasteiger partial charge in [0.1, 0.15) is 0 Å². The van der Waals surface area contributed by atoms with Crippen molar-refractivity contribution in [3.63, 3.8) is 0 Å². The van der Waals surface area contributed by atoms with E-state index in [0.29, 0.717) is 12.1 Å². The number of thioether (sulfide) groups is 1. The van der Waals surface area contributed by atoms with Crippen LogP contribution in [0.4, 0.5) is 0 Å². The zero-order chi connectivity index (χ0) is 8.43. The van der Waals surface area contributed by atoms with Gasteiger partial charge in [-0.05, 0) is 27.7 Å². The monoisotopic (exact) mass is 174 g/mol. The van der Waals surface area contributed by atoms with Crippen molar-refractivity contribution in [2.45, 2.75) is 39.8 Å². The molecule has 0 unspecified atom stereocenters. The van der Waals surface area contributed by atoms with E-state index in [1.165, 1.54) is 0 Å². The van der Waals surface area contributed by atoms with Crippen LogP contribution in [0.3, 0.4) is 0 Å². The van der Waals surface area contributed by atoms with E-state index >= 15 is 0 Å². The SMILES string of the molecule is CC(C)N1CSCN1C(C)C. The maximum Gasteiger partial charge on any atom is 0.0606 e. The van der Waals surface area contributed by atoms with Crippen LogP contribution < -0.4 is 0 Å². The third-order valence-corrected chi connectivity index (χ3v) is 2.86. The van der Waals surface area contributed by atoms with Crippen LogP contribution in [0, 0.1) is 0 Å². The summed E-state index contributed by atoms with van der Waals surface area (Å²) in [6.07, 6.45) is 0. The lowest BCUT2D eigenvalue weighted by Crippen LogP contribution is -2.44. The fourth-order valence-corrected chi connectivity index (χ4v) is 2.62. The van der Waals surface area contributed by atoms with Gasteiger partial charge in [-0.3, -0.25) is 0 Å². The number of hydrogen-bond donors (Lipinski definition) is 0. The molecule has 0 aromatic heterocycles. The Kier molecular flexibility index (Phi) is 3.22. The molecule has 1 aliphatic rings. The van der Waals surface area contributed by atoms with Crippen molar-refractivity contribution in [3.8, 4) is 0 Å². The molecule has 0 N–H and O–H groups in total. The minimum atomic E-state index is 0.646. The van der Waals surface area contributed by atoms with Gasteiger partial charge in [0.25, 0.3) is 0 Å². The lowest BCUT2D eigenvalue weighted by atomic mass is 10.3. The summed E-state index contributed by atoms with van der Waals surface area (Å²) in [5, 5.41) is 4.88. The molecule has 1 rings (SSSR count). The van der Waals surface area contributed by atoms with Gasteiger partial charge in [0.15, 0.2) is 0 Å². The highest BCUT2D eigenvalue weighted by atomic mass is 32.2. The number of rotatable bonds is 2. The largest absolute Gasteiger partial charge is 0.228 e. The van der Waals surface area contributed by atoms with E-state index < -0.39 is 0 Å². The average Bonchev–Trinajstić information content (AvgIpc) is 2.32. The van der Waals surface area contributed by atoms with Crippen molar-refractivity contribution in [3.05, 3.63) is 0 Å². The first-order valence-electron chi connectivity index (χ1n) is 4.24. The summed E-state index contributed by atoms with van der Waals surface area (Å²) in [7, 11) is 0. The van der Waals surface area contributed by atoms with Crippen LogP contribution in [-0.4, -0.2) is 33.9 Å². The van der Waals surface area contributed by atoms with Crippen LogP contribution >= 0.6 is 11.8 Å². The molecule has 0 radical (unpaired) electrons. The summed E-state index contributed by atoms with van der Waals surface area (Å²) in [4.78, 5) is 0. The molecule has 0 aliphatic carbocycles. The summed E-state index contributed by atoms with van der Waals surface area (Å²) >= 11 is 2.00. The van der Waals surface area contributed by atoms with Gasteiger partial charge in [-0.15, -0.1) is 11.8 Å². The summed E-state index contributed by atoms with van der Waals surface area (Å²) in [6, 6.07) is 1.29. The highest BCUT2D eigenvalue weighted by molar-refractivity contribution is 7.99. The fourth-order valence-electron chi connectivity index (χ4n) is 1.27. The second-order valence-electron chi connectivity index (χ2n) is 3.53. The summed E-state index contributed by atoms with van der Waals surface area (Å²) in [5.74, 6) is 2.33. The first-order chi connectivity index (χ1) is 5.13. The minimum Gasteiger partial charge on any atom is -0.228 e. The zero-order valence-corrected chi connectivity index (χ0v) is 8.69. The van der Waals surface area contributed by atoms with Gasteiger partial charge in [0.05, 0.1) is 11.8 Å². The van der Waals surface area contributed by atoms with Crippen LogP contribution in [0.5, 0.6) is 0 Å². The van der Waals surface area contributed by atoms with Gasteiger partial charge in [0, 0.05) is 12.1 Å². The Hall–Kier alpha value is 0.270. The summed E-state index contributed by atoms with van der Waals surface area (Å²) < 4.78 is 0. The van der Waals surface area contributed by atoms with Crippen molar-refractivity contribution < 1.29 is 0 Å². The van der Waals surface area contributed by atoms with Gasteiger partial charge in [0.2, 0.25) is 0 Å². The van der Waals surface area contributed by atoms with E-state index in [1.807, 2.05) is 11.8 Å². The highest BCUT2D eigenvalue weighted by Crippen LogP contribution is 2.23. The van der Waals surface area contributed by atoms with E-state index in [0.717, 1.165) is 11.8 Å². The van der Waals surface area contributed by atoms with Gasteiger partial charge in [-0.1, -0.05) is 0 Å². The predicted octanol–water partition coefficient (Wildman–Crippen LogP) is 1.98. The smallest absolute Gasteiger partial charge is 0.0606 e. The number of hydrazine groups is 1. The molecule has 11 heavy (non-hydrogen) atoms. The van der Waals surface area contributed by atoms with Crippen LogP contribution in [0.25, 0.3) is 0 Å². The number of hydrogen-bond acceptors (Lipinski definition) is 3. The molecule has 1 heterocycles. The summed E-state index contributed by atoms with van der Waals surface area (Å²) in [6.45, 7) is 9.01. The van der Waals surface area contributed by atoms with E-state index in [-0.39, 0.29) is 0 Å². The predicted molar refractivity (Wildman–Crippen MR) is 51.3 cm³/mol. The molecule has 1 fully saturated rings. The molecular formula is C8H18N2S. The molecule has 0 aromatic rings. The molecule has 3 heteroatoms. The zero-order valence-electron chi connectivity index (χ0n) is 7.87. The molecule has 1 aliphatic heterocycles. The normalized spacial score (nSPS) is 22.4. The summed E-state index contributed by atoms with van der Waals surface area (Å²) in [5.41, 5.74) is 0. The second-order valence-corrected chi connectivity index (χ2v) is 4.45. The lowest BCUT2D eigenvalue weighted by Gasteiger charge is -2.33. The Morgan fingerprint density at radius 2 is 1.27 bits per heavy atom. The van der Waals surface area contributed by atoms with Crippen molar-refractivity contribution in [2.24, 2.45) is 0 Å². The molecular weight excluding hydrogens is 156 g/mol. The molecule has 0 spiro atoms. The molecule has 0 aromatic carbocycles. The van der Waals surface area contributed by atoms with Gasteiger partial charge in [-0.25, -0.2) is 10.0 Å². The van der Waals surface area contributed by atoms with Crippen LogP contribution in [0.1, 0.15) is 27.7 Å². The first kappa shape index (κ1) is 9.36. The Labute approximate surface area is 73.9 Å². The van der Waals surface area contributed by atoms with Gasteiger partial charge >= 0.3 is 0 Å². The quantitative estimate of drug-likeness (QED) is 0.632. The minimum absolute atomic E-state index is 0.646. The van der Waals surface area contributed by atoms with Crippen LogP contribution in [0.15, 0.2) is 0 Å². The maximum absolute atomic E-state index is 2.44. The second kappa shape index (κ2) is 3.78. The molecule has 2 nitrogen and oxygen atoms in total. The maximum atomic E-state index is 2.44. The third kappa shape index (κ3) is 2.10. The van der Waals surface area contributed by atoms with Gasteiger partial charge < -0.3 is 0 Å². The fraction of sp³-hybridized carbons (Fsp3) is 1.00. The molecule has 1 saturated heterocycles. The van der Waals surface area contributed by atoms with E-state index in [2.05, 4.69) is 37.7 Å². The Morgan fingerprint density at radius 1 is 0.909 bits per heavy atom. The Bertz CT molecular complexity index is 111. The molecule has 66 valence electrons. The molecule has 0 atom stereocenters. The highest BCUT2D eigenvalue weighted by Gasteiger charge is 2.26. The molecule has 0 amide bonds. The topological polar surface area (TPSA) is 6.48 Å². The third-order valence-electron chi connectivity index (χ3n) is 1.97.